The summed E-state index contributed by atoms with van der Waals surface area (Å²) in [7, 11) is 0. The molecule has 1 aromatic rings. The number of carbonyl (C=O) groups is 1. The molecule has 3 N–H and O–H groups in total. The molecular weight excluding hydrogens is 235 g/mol. The average Bonchev–Trinajstić information content (AvgIpc) is 2.23. The minimum atomic E-state index is -0.631. The molecular formula is C13H19FN2O2. The van der Waals surface area contributed by atoms with Gasteiger partial charge in [-0.3, -0.25) is 4.79 Å². The minimum Gasteiger partial charge on any atom is -0.480 e. The van der Waals surface area contributed by atoms with Gasteiger partial charge in [-0.2, -0.15) is 0 Å². The van der Waals surface area contributed by atoms with Crippen LogP contribution in [0.3, 0.4) is 0 Å². The van der Waals surface area contributed by atoms with Gasteiger partial charge in [0, 0.05) is 17.6 Å². The third kappa shape index (κ3) is 4.71. The van der Waals surface area contributed by atoms with E-state index in [4.69, 9.17) is 10.5 Å². The fourth-order valence-corrected chi connectivity index (χ4v) is 1.36. The Morgan fingerprint density at radius 2 is 2.11 bits per heavy atom. The van der Waals surface area contributed by atoms with Gasteiger partial charge >= 0.3 is 0 Å². The molecule has 0 radical (unpaired) electrons. The molecule has 0 unspecified atom stereocenters. The van der Waals surface area contributed by atoms with Crippen LogP contribution in [0.4, 0.5) is 4.39 Å². The van der Waals surface area contributed by atoms with Crippen molar-refractivity contribution in [3.63, 3.8) is 0 Å². The van der Waals surface area contributed by atoms with Gasteiger partial charge in [-0.15, -0.1) is 0 Å². The number of nitrogens with one attached hydrogen (secondary N) is 1. The van der Waals surface area contributed by atoms with Gasteiger partial charge in [-0.1, -0.05) is 12.1 Å². The highest BCUT2D eigenvalue weighted by Gasteiger charge is 2.14. The highest BCUT2D eigenvalue weighted by molar-refractivity contribution is 5.75. The van der Waals surface area contributed by atoms with Crippen molar-refractivity contribution in [2.75, 3.05) is 6.61 Å². The van der Waals surface area contributed by atoms with E-state index in [2.05, 4.69) is 5.32 Å². The van der Waals surface area contributed by atoms with Crippen molar-refractivity contribution in [3.05, 3.63) is 29.6 Å². The second-order valence-corrected chi connectivity index (χ2v) is 5.09. The highest BCUT2D eigenvalue weighted by Crippen LogP contribution is 2.23. The predicted octanol–water partition coefficient (Wildman–Crippen LogP) is 1.58. The number of carbonyl (C=O) groups excluding carboxylic acids is 1. The Morgan fingerprint density at radius 1 is 1.44 bits per heavy atom. The Kier molecular flexibility index (Phi) is 4.67. The van der Waals surface area contributed by atoms with Gasteiger partial charge in [0.1, 0.15) is 0 Å². The van der Waals surface area contributed by atoms with E-state index in [-0.39, 0.29) is 17.9 Å². The molecule has 0 saturated heterocycles. The molecule has 0 aliphatic heterocycles. The number of rotatable bonds is 5. The van der Waals surface area contributed by atoms with E-state index in [0.29, 0.717) is 12.1 Å². The van der Waals surface area contributed by atoms with Crippen LogP contribution < -0.4 is 15.8 Å². The van der Waals surface area contributed by atoms with E-state index in [9.17, 15) is 9.18 Å². The van der Waals surface area contributed by atoms with E-state index in [1.165, 1.54) is 6.07 Å². The van der Waals surface area contributed by atoms with Crippen LogP contribution in [0.15, 0.2) is 18.2 Å². The number of hydrogen-bond donors (Lipinski definition) is 2. The maximum atomic E-state index is 13.6. The monoisotopic (exact) mass is 254 g/mol. The summed E-state index contributed by atoms with van der Waals surface area (Å²) < 4.78 is 18.7. The fourth-order valence-electron chi connectivity index (χ4n) is 1.36. The Morgan fingerprint density at radius 3 is 2.67 bits per heavy atom. The molecule has 0 saturated carbocycles. The number of primary amides is 1. The quantitative estimate of drug-likeness (QED) is 0.838. The van der Waals surface area contributed by atoms with E-state index >= 15 is 0 Å². The third-order valence-electron chi connectivity index (χ3n) is 2.22. The van der Waals surface area contributed by atoms with Crippen molar-refractivity contribution in [1.82, 2.24) is 5.32 Å². The van der Waals surface area contributed by atoms with Crippen molar-refractivity contribution in [1.29, 1.82) is 0 Å². The van der Waals surface area contributed by atoms with E-state index in [0.717, 1.165) is 0 Å². The molecule has 100 valence electrons. The first kappa shape index (κ1) is 14.4. The van der Waals surface area contributed by atoms with Crippen molar-refractivity contribution in [2.24, 2.45) is 5.73 Å². The Balaban J connectivity index is 2.83. The molecule has 4 nitrogen and oxygen atoms in total. The highest BCUT2D eigenvalue weighted by atomic mass is 19.1. The maximum Gasteiger partial charge on any atom is 0.255 e. The summed E-state index contributed by atoms with van der Waals surface area (Å²) in [5.41, 5.74) is 5.55. The summed E-state index contributed by atoms with van der Waals surface area (Å²) in [5, 5.41) is 3.23. The van der Waals surface area contributed by atoms with Gasteiger partial charge in [0.2, 0.25) is 0 Å². The lowest BCUT2D eigenvalue weighted by molar-refractivity contribution is -0.120. The Bertz CT molecular complexity index is 427. The minimum absolute atomic E-state index is 0.0769. The molecule has 0 aliphatic carbocycles. The summed E-state index contributed by atoms with van der Waals surface area (Å²) in [4.78, 5) is 10.7. The zero-order chi connectivity index (χ0) is 13.8. The number of halogens is 1. The summed E-state index contributed by atoms with van der Waals surface area (Å²) in [6.07, 6.45) is 0. The normalized spacial score (nSPS) is 11.3. The van der Waals surface area contributed by atoms with Crippen molar-refractivity contribution >= 4 is 5.91 Å². The first-order valence-electron chi connectivity index (χ1n) is 5.73. The molecule has 18 heavy (non-hydrogen) atoms. The van der Waals surface area contributed by atoms with E-state index in [1.807, 2.05) is 20.8 Å². The molecule has 0 fully saturated rings. The molecule has 1 amide bonds. The van der Waals surface area contributed by atoms with Crippen LogP contribution in [0.25, 0.3) is 0 Å². The topological polar surface area (TPSA) is 64.3 Å². The van der Waals surface area contributed by atoms with Gasteiger partial charge in [0.15, 0.2) is 18.2 Å². The van der Waals surface area contributed by atoms with Crippen LogP contribution in [-0.2, 0) is 11.3 Å². The smallest absolute Gasteiger partial charge is 0.255 e. The summed E-state index contributed by atoms with van der Waals surface area (Å²) in [6, 6.07) is 4.64. The van der Waals surface area contributed by atoms with Gasteiger partial charge < -0.3 is 15.8 Å². The van der Waals surface area contributed by atoms with E-state index in [1.54, 1.807) is 12.1 Å². The molecule has 0 heterocycles. The standard InChI is InChI=1S/C13H19FN2O2/c1-13(2,3)16-7-9-5-4-6-10(14)12(9)18-8-11(15)17/h4-6,16H,7-8H2,1-3H3,(H2,15,17). The van der Waals surface area contributed by atoms with Crippen molar-refractivity contribution in [2.45, 2.75) is 32.9 Å². The molecule has 5 heteroatoms. The fraction of sp³-hybridized carbons (Fsp3) is 0.462. The van der Waals surface area contributed by atoms with Gasteiger partial charge in [-0.25, -0.2) is 4.39 Å². The third-order valence-corrected chi connectivity index (χ3v) is 2.22. The average molecular weight is 254 g/mol. The zero-order valence-electron chi connectivity index (χ0n) is 10.9. The molecule has 1 aromatic carbocycles. The largest absolute Gasteiger partial charge is 0.480 e. The predicted molar refractivity (Wildman–Crippen MR) is 67.7 cm³/mol. The second kappa shape index (κ2) is 5.82. The van der Waals surface area contributed by atoms with Crippen LogP contribution in [0.5, 0.6) is 5.75 Å². The first-order valence-corrected chi connectivity index (χ1v) is 5.73. The first-order chi connectivity index (χ1) is 8.29. The van der Waals surface area contributed by atoms with Crippen LogP contribution in [-0.4, -0.2) is 18.1 Å². The molecule has 0 aliphatic rings. The van der Waals surface area contributed by atoms with Crippen LogP contribution in [0.2, 0.25) is 0 Å². The SMILES string of the molecule is CC(C)(C)NCc1cccc(F)c1OCC(N)=O. The van der Waals surface area contributed by atoms with Gasteiger partial charge in [0.05, 0.1) is 0 Å². The van der Waals surface area contributed by atoms with Crippen LogP contribution >= 0.6 is 0 Å². The Hall–Kier alpha value is -1.62. The second-order valence-electron chi connectivity index (χ2n) is 5.09. The summed E-state index contributed by atoms with van der Waals surface area (Å²) >= 11 is 0. The zero-order valence-corrected chi connectivity index (χ0v) is 10.9. The lowest BCUT2D eigenvalue weighted by atomic mass is 10.1. The number of amides is 1. The molecule has 0 aromatic heterocycles. The van der Waals surface area contributed by atoms with Crippen LogP contribution in [0.1, 0.15) is 26.3 Å². The molecule has 0 atom stereocenters. The summed E-state index contributed by atoms with van der Waals surface area (Å²) in [6.45, 7) is 6.15. The lowest BCUT2D eigenvalue weighted by Crippen LogP contribution is -2.35. The molecule has 1 rings (SSSR count). The number of benzene rings is 1. The number of hydrogen-bond acceptors (Lipinski definition) is 3. The summed E-state index contributed by atoms with van der Waals surface area (Å²) in [5.74, 6) is -1.05. The Labute approximate surface area is 106 Å². The number of nitrogens with two attached hydrogens (primary N) is 1. The maximum absolute atomic E-state index is 13.6. The van der Waals surface area contributed by atoms with E-state index < -0.39 is 11.7 Å². The van der Waals surface area contributed by atoms with Crippen molar-refractivity contribution in [3.8, 4) is 5.75 Å². The number of ether oxygens (including phenoxy) is 1. The lowest BCUT2D eigenvalue weighted by Gasteiger charge is -2.21. The van der Waals surface area contributed by atoms with Crippen molar-refractivity contribution < 1.29 is 13.9 Å². The van der Waals surface area contributed by atoms with Gasteiger partial charge in [-0.05, 0) is 26.8 Å². The number of para-hydroxylation sites is 1. The van der Waals surface area contributed by atoms with Gasteiger partial charge in [0.25, 0.3) is 5.91 Å². The van der Waals surface area contributed by atoms with Crippen LogP contribution in [0, 0.1) is 5.82 Å². The molecule has 0 spiro atoms. The molecule has 0 bridgehead atoms.